The highest BCUT2D eigenvalue weighted by atomic mass is 79.9. The van der Waals surface area contributed by atoms with Crippen LogP contribution in [0.4, 0.5) is 14.5 Å². The summed E-state index contributed by atoms with van der Waals surface area (Å²) in [6, 6.07) is 8.99. The summed E-state index contributed by atoms with van der Waals surface area (Å²) < 4.78 is 28.6. The van der Waals surface area contributed by atoms with E-state index in [4.69, 9.17) is 0 Å². The third-order valence-corrected chi connectivity index (χ3v) is 4.09. The molecule has 0 bridgehead atoms. The molecule has 0 spiro atoms. The van der Waals surface area contributed by atoms with E-state index in [0.29, 0.717) is 5.69 Å². The summed E-state index contributed by atoms with van der Waals surface area (Å²) in [6.07, 6.45) is -1.28. The first-order valence-corrected chi connectivity index (χ1v) is 7.39. The van der Waals surface area contributed by atoms with E-state index in [1.165, 1.54) is 6.07 Å². The van der Waals surface area contributed by atoms with Crippen molar-refractivity contribution in [3.05, 3.63) is 62.5 Å². The number of para-hydroxylation sites is 1. The number of aliphatic hydroxyl groups is 1. The van der Waals surface area contributed by atoms with E-state index >= 15 is 0 Å². The van der Waals surface area contributed by atoms with Crippen molar-refractivity contribution < 1.29 is 13.9 Å². The second kappa shape index (κ2) is 6.65. The van der Waals surface area contributed by atoms with Crippen LogP contribution < -0.4 is 5.32 Å². The van der Waals surface area contributed by atoms with Gasteiger partial charge in [0.15, 0.2) is 0 Å². The zero-order valence-electron chi connectivity index (χ0n) is 10.2. The monoisotopic (exact) mass is 405 g/mol. The second-order valence-corrected chi connectivity index (χ2v) is 5.84. The zero-order valence-corrected chi connectivity index (χ0v) is 13.4. The maximum absolute atomic E-state index is 13.5. The molecule has 6 heteroatoms. The maximum Gasteiger partial charge on any atom is 0.132 e. The van der Waals surface area contributed by atoms with Gasteiger partial charge < -0.3 is 10.4 Å². The highest BCUT2D eigenvalue weighted by Gasteiger charge is 2.18. The molecule has 2 N–H and O–H groups in total. The molecule has 0 saturated heterocycles. The van der Waals surface area contributed by atoms with E-state index < -0.39 is 17.7 Å². The fourth-order valence-corrected chi connectivity index (χ4v) is 3.08. The van der Waals surface area contributed by atoms with Crippen molar-refractivity contribution in [3.8, 4) is 0 Å². The number of hydrogen-bond acceptors (Lipinski definition) is 2. The van der Waals surface area contributed by atoms with Gasteiger partial charge in [0.2, 0.25) is 0 Å². The highest BCUT2D eigenvalue weighted by Crippen LogP contribution is 2.31. The number of benzene rings is 2. The number of halogens is 4. The molecule has 20 heavy (non-hydrogen) atoms. The normalized spacial score (nSPS) is 12.2. The lowest BCUT2D eigenvalue weighted by molar-refractivity contribution is 0.181. The Hall–Kier alpha value is -0.980. The predicted octanol–water partition coefficient (Wildman–Crippen LogP) is 4.64. The molecule has 106 valence electrons. The van der Waals surface area contributed by atoms with Crippen LogP contribution in [-0.4, -0.2) is 11.7 Å². The van der Waals surface area contributed by atoms with E-state index in [2.05, 4.69) is 37.2 Å². The predicted molar refractivity (Wildman–Crippen MR) is 81.6 cm³/mol. The first-order valence-electron chi connectivity index (χ1n) is 5.80. The number of rotatable bonds is 4. The van der Waals surface area contributed by atoms with Gasteiger partial charge in [0.1, 0.15) is 17.7 Å². The van der Waals surface area contributed by atoms with Gasteiger partial charge in [0, 0.05) is 15.5 Å². The summed E-state index contributed by atoms with van der Waals surface area (Å²) in [5.41, 5.74) is 0.381. The smallest absolute Gasteiger partial charge is 0.132 e. The van der Waals surface area contributed by atoms with E-state index in [1.54, 1.807) is 0 Å². The Morgan fingerprint density at radius 3 is 2.05 bits per heavy atom. The summed E-state index contributed by atoms with van der Waals surface area (Å²) in [6.45, 7) is -0.0148. The van der Waals surface area contributed by atoms with Crippen molar-refractivity contribution in [2.75, 3.05) is 11.9 Å². The third-order valence-electron chi connectivity index (χ3n) is 2.77. The van der Waals surface area contributed by atoms with Crippen molar-refractivity contribution >= 4 is 37.5 Å². The molecule has 2 rings (SSSR count). The molecule has 0 aliphatic carbocycles. The molecule has 0 aromatic heterocycles. The second-order valence-electron chi connectivity index (χ2n) is 4.13. The SMILES string of the molecule is OC(CNc1c(Br)cccc1Br)c1c(F)cccc1F. The van der Waals surface area contributed by atoms with E-state index in [0.717, 1.165) is 21.1 Å². The first-order chi connectivity index (χ1) is 9.50. The minimum Gasteiger partial charge on any atom is -0.386 e. The molecule has 1 atom stereocenters. The topological polar surface area (TPSA) is 32.3 Å². The van der Waals surface area contributed by atoms with Crippen LogP contribution in [0.1, 0.15) is 11.7 Å². The van der Waals surface area contributed by atoms with E-state index in [9.17, 15) is 13.9 Å². The Labute approximate surface area is 132 Å². The molecule has 0 aliphatic heterocycles. The highest BCUT2D eigenvalue weighted by molar-refractivity contribution is 9.11. The molecule has 0 saturated carbocycles. The number of hydrogen-bond donors (Lipinski definition) is 2. The third kappa shape index (κ3) is 3.37. The molecule has 0 amide bonds. The van der Waals surface area contributed by atoms with Crippen LogP contribution in [0.5, 0.6) is 0 Å². The molecule has 2 aromatic carbocycles. The number of nitrogens with one attached hydrogen (secondary N) is 1. The maximum atomic E-state index is 13.5. The lowest BCUT2D eigenvalue weighted by Gasteiger charge is -2.16. The quantitative estimate of drug-likeness (QED) is 0.775. The summed E-state index contributed by atoms with van der Waals surface area (Å²) in [5.74, 6) is -1.52. The van der Waals surface area contributed by atoms with Crippen LogP contribution >= 0.6 is 31.9 Å². The molecule has 2 nitrogen and oxygen atoms in total. The summed E-state index contributed by atoms with van der Waals surface area (Å²) >= 11 is 6.72. The molecular formula is C14H11Br2F2NO. The average molecular weight is 407 g/mol. The van der Waals surface area contributed by atoms with Gasteiger partial charge in [-0.05, 0) is 56.1 Å². The van der Waals surface area contributed by atoms with Gasteiger partial charge in [-0.15, -0.1) is 0 Å². The molecule has 0 aliphatic rings. The van der Waals surface area contributed by atoms with Crippen LogP contribution in [0.15, 0.2) is 45.3 Å². The van der Waals surface area contributed by atoms with Crippen molar-refractivity contribution in [2.24, 2.45) is 0 Å². The van der Waals surface area contributed by atoms with E-state index in [1.807, 2.05) is 18.2 Å². The van der Waals surface area contributed by atoms with Crippen LogP contribution in [0, 0.1) is 11.6 Å². The Bertz CT molecular complexity index is 582. The Balaban J connectivity index is 2.15. The number of aliphatic hydroxyl groups excluding tert-OH is 1. The summed E-state index contributed by atoms with van der Waals surface area (Å²) in [4.78, 5) is 0. The van der Waals surface area contributed by atoms with Gasteiger partial charge in [-0.2, -0.15) is 0 Å². The zero-order chi connectivity index (χ0) is 14.7. The largest absolute Gasteiger partial charge is 0.386 e. The molecule has 0 fully saturated rings. The Kier molecular flexibility index (Phi) is 5.12. The summed E-state index contributed by atoms with van der Waals surface area (Å²) in [7, 11) is 0. The van der Waals surface area contributed by atoms with E-state index in [-0.39, 0.29) is 12.1 Å². The Morgan fingerprint density at radius 1 is 1.00 bits per heavy atom. The van der Waals surface area contributed by atoms with Crippen molar-refractivity contribution in [3.63, 3.8) is 0 Å². The van der Waals surface area contributed by atoms with Gasteiger partial charge in [-0.1, -0.05) is 12.1 Å². The van der Waals surface area contributed by atoms with Crippen LogP contribution in [0.2, 0.25) is 0 Å². The van der Waals surface area contributed by atoms with Crippen molar-refractivity contribution in [2.45, 2.75) is 6.10 Å². The molecule has 0 radical (unpaired) electrons. The van der Waals surface area contributed by atoms with Gasteiger partial charge in [0.25, 0.3) is 0 Å². The van der Waals surface area contributed by atoms with Crippen molar-refractivity contribution in [1.82, 2.24) is 0 Å². The first kappa shape index (κ1) is 15.4. The van der Waals surface area contributed by atoms with Crippen molar-refractivity contribution in [1.29, 1.82) is 0 Å². The molecular weight excluding hydrogens is 396 g/mol. The molecule has 0 heterocycles. The van der Waals surface area contributed by atoms with Gasteiger partial charge >= 0.3 is 0 Å². The minimum atomic E-state index is -1.28. The van der Waals surface area contributed by atoms with Gasteiger partial charge in [-0.3, -0.25) is 0 Å². The van der Waals surface area contributed by atoms with Gasteiger partial charge in [-0.25, -0.2) is 8.78 Å². The minimum absolute atomic E-state index is 0.0148. The molecule has 2 aromatic rings. The fourth-order valence-electron chi connectivity index (χ4n) is 1.80. The lowest BCUT2D eigenvalue weighted by atomic mass is 10.1. The fraction of sp³-hybridized carbons (Fsp3) is 0.143. The van der Waals surface area contributed by atoms with Crippen LogP contribution in [0.3, 0.4) is 0 Å². The lowest BCUT2D eigenvalue weighted by Crippen LogP contribution is -2.15. The Morgan fingerprint density at radius 2 is 1.50 bits per heavy atom. The van der Waals surface area contributed by atoms with Crippen LogP contribution in [-0.2, 0) is 0 Å². The average Bonchev–Trinajstić information content (AvgIpc) is 2.38. The number of anilines is 1. The summed E-state index contributed by atoms with van der Waals surface area (Å²) in [5, 5.41) is 12.9. The standard InChI is InChI=1S/C14H11Br2F2NO/c15-8-3-1-4-9(16)14(8)19-7-12(20)13-10(17)5-2-6-11(13)18/h1-6,12,19-20H,7H2. The molecule has 1 unspecified atom stereocenters. The van der Waals surface area contributed by atoms with Crippen LogP contribution in [0.25, 0.3) is 0 Å². The van der Waals surface area contributed by atoms with Gasteiger partial charge in [0.05, 0.1) is 11.3 Å².